The number of methoxy groups -OCH3 is 1. The van der Waals surface area contributed by atoms with E-state index in [-0.39, 0.29) is 33.9 Å². The molecule has 4 aromatic rings. The van der Waals surface area contributed by atoms with Gasteiger partial charge in [-0.25, -0.2) is 13.6 Å². The van der Waals surface area contributed by atoms with Crippen molar-refractivity contribution in [2.45, 2.75) is 32.1 Å². The first-order valence-electron chi connectivity index (χ1n) is 13.4. The van der Waals surface area contributed by atoms with Crippen LogP contribution >= 0.6 is 11.6 Å². The van der Waals surface area contributed by atoms with E-state index in [1.54, 1.807) is 24.3 Å². The van der Waals surface area contributed by atoms with Crippen LogP contribution in [0.2, 0.25) is 5.02 Å². The van der Waals surface area contributed by atoms with E-state index in [0.29, 0.717) is 41.1 Å². The van der Waals surface area contributed by atoms with Crippen molar-refractivity contribution < 1.29 is 27.8 Å². The number of carbonyl (C=O) groups is 2. The zero-order valence-electron chi connectivity index (χ0n) is 22.9. The van der Waals surface area contributed by atoms with Gasteiger partial charge < -0.3 is 15.3 Å². The first-order valence-corrected chi connectivity index (χ1v) is 13.8. The lowest BCUT2D eigenvalue weighted by molar-refractivity contribution is -0.614. The van der Waals surface area contributed by atoms with Crippen LogP contribution in [-0.2, 0) is 9.53 Å². The number of halogens is 3. The van der Waals surface area contributed by atoms with E-state index in [1.165, 1.54) is 13.2 Å². The Balaban J connectivity index is 1.59. The molecule has 0 radical (unpaired) electrons. The standard InChI is InChI=1S/C32H28ClF2N3O4/c1-18-5-3-8-24(28-14-9-21(17-38(28)41)29-26(34)13-12-25(33)30(29)35)20-7-4-6-19(15-20)23-11-10-22(36-32(40)42-2)16-27(23)37-31(18)39/h4,6-7,9-18,24H,3,5,8H2,1-2H3,(H,36,40)(H,37,39)/t18-,24-/m0/s1. The van der Waals surface area contributed by atoms with Crippen molar-refractivity contribution >= 4 is 35.0 Å². The molecule has 0 saturated carbocycles. The summed E-state index contributed by atoms with van der Waals surface area (Å²) in [6.45, 7) is 1.84. The molecule has 5 rings (SSSR count). The number of carbonyl (C=O) groups excluding carboxylic acids is 2. The lowest BCUT2D eigenvalue weighted by Crippen LogP contribution is -2.34. The fourth-order valence-corrected chi connectivity index (χ4v) is 5.43. The Morgan fingerprint density at radius 1 is 1.07 bits per heavy atom. The van der Waals surface area contributed by atoms with Crippen molar-refractivity contribution in [2.24, 2.45) is 5.92 Å². The highest BCUT2D eigenvalue weighted by Gasteiger charge is 2.26. The molecule has 10 heteroatoms. The van der Waals surface area contributed by atoms with Gasteiger partial charge in [0.05, 0.1) is 34.9 Å². The molecule has 2 bridgehead atoms. The largest absolute Gasteiger partial charge is 0.618 e. The van der Waals surface area contributed by atoms with E-state index in [9.17, 15) is 23.6 Å². The number of fused-ring (bicyclic) bond motifs is 4. The van der Waals surface area contributed by atoms with Crippen LogP contribution in [0.25, 0.3) is 22.3 Å². The number of ether oxygens (including phenoxy) is 1. The molecule has 0 fully saturated rings. The molecule has 0 unspecified atom stereocenters. The summed E-state index contributed by atoms with van der Waals surface area (Å²) in [5.41, 5.74) is 3.48. The van der Waals surface area contributed by atoms with Crippen molar-refractivity contribution in [3.63, 3.8) is 0 Å². The first kappa shape index (κ1) is 29.0. The Morgan fingerprint density at radius 2 is 1.88 bits per heavy atom. The van der Waals surface area contributed by atoms with Gasteiger partial charge in [0, 0.05) is 23.2 Å². The van der Waals surface area contributed by atoms with Crippen LogP contribution < -0.4 is 15.4 Å². The minimum Gasteiger partial charge on any atom is -0.618 e. The molecular formula is C32H28ClF2N3O4. The fourth-order valence-electron chi connectivity index (χ4n) is 5.27. The zero-order valence-corrected chi connectivity index (χ0v) is 23.7. The summed E-state index contributed by atoms with van der Waals surface area (Å²) in [7, 11) is 1.27. The van der Waals surface area contributed by atoms with Crippen molar-refractivity contribution in [1.82, 2.24) is 0 Å². The molecule has 1 aliphatic heterocycles. The topological polar surface area (TPSA) is 94.4 Å². The second kappa shape index (κ2) is 12.2. The molecule has 0 aliphatic carbocycles. The van der Waals surface area contributed by atoms with Gasteiger partial charge in [-0.3, -0.25) is 10.1 Å². The van der Waals surface area contributed by atoms with Gasteiger partial charge in [0.1, 0.15) is 5.82 Å². The van der Waals surface area contributed by atoms with Gasteiger partial charge in [-0.2, -0.15) is 4.73 Å². The van der Waals surface area contributed by atoms with Gasteiger partial charge >= 0.3 is 6.09 Å². The van der Waals surface area contributed by atoms with Crippen LogP contribution in [-0.4, -0.2) is 19.1 Å². The van der Waals surface area contributed by atoms with Crippen molar-refractivity contribution in [3.05, 3.63) is 106 Å². The van der Waals surface area contributed by atoms with Crippen molar-refractivity contribution in [1.29, 1.82) is 0 Å². The molecular weight excluding hydrogens is 564 g/mol. The van der Waals surface area contributed by atoms with Gasteiger partial charge in [-0.1, -0.05) is 55.3 Å². The third kappa shape index (κ3) is 5.92. The summed E-state index contributed by atoms with van der Waals surface area (Å²) in [6, 6.07) is 18.1. The molecule has 0 spiro atoms. The summed E-state index contributed by atoms with van der Waals surface area (Å²) >= 11 is 5.87. The van der Waals surface area contributed by atoms with Crippen LogP contribution in [0.3, 0.4) is 0 Å². The predicted octanol–water partition coefficient (Wildman–Crippen LogP) is 7.65. The maximum Gasteiger partial charge on any atom is 0.411 e. The number of aromatic nitrogens is 1. The molecule has 2 N–H and O–H groups in total. The lowest BCUT2D eigenvalue weighted by Gasteiger charge is -2.22. The van der Waals surface area contributed by atoms with Gasteiger partial charge in [0.2, 0.25) is 5.91 Å². The smallest absolute Gasteiger partial charge is 0.411 e. The molecule has 3 aromatic carbocycles. The summed E-state index contributed by atoms with van der Waals surface area (Å²) in [5.74, 6) is -2.61. The van der Waals surface area contributed by atoms with Crippen LogP contribution in [0, 0.1) is 22.8 Å². The van der Waals surface area contributed by atoms with Crippen LogP contribution in [0.5, 0.6) is 0 Å². The maximum absolute atomic E-state index is 14.7. The van der Waals surface area contributed by atoms with Gasteiger partial charge in [-0.05, 0) is 54.3 Å². The minimum atomic E-state index is -0.931. The summed E-state index contributed by atoms with van der Waals surface area (Å²) in [5, 5.41) is 18.8. The third-order valence-corrected chi connectivity index (χ3v) is 7.81. The Kier molecular flexibility index (Phi) is 8.40. The first-order chi connectivity index (χ1) is 20.2. The Bertz CT molecular complexity index is 1680. The lowest BCUT2D eigenvalue weighted by atomic mass is 9.86. The normalized spacial score (nSPS) is 16.8. The Morgan fingerprint density at radius 3 is 2.64 bits per heavy atom. The number of pyridine rings is 1. The van der Waals surface area contributed by atoms with E-state index in [0.717, 1.165) is 35.0 Å². The highest BCUT2D eigenvalue weighted by Crippen LogP contribution is 2.37. The zero-order chi connectivity index (χ0) is 30.0. The summed E-state index contributed by atoms with van der Waals surface area (Å²) in [4.78, 5) is 24.9. The molecule has 42 heavy (non-hydrogen) atoms. The quantitative estimate of drug-likeness (QED) is 0.145. The number of rotatable bonds is 3. The number of nitrogens with one attached hydrogen (secondary N) is 2. The molecule has 216 valence electrons. The number of hydrogen-bond acceptors (Lipinski definition) is 4. The van der Waals surface area contributed by atoms with Crippen molar-refractivity contribution in [2.75, 3.05) is 17.7 Å². The number of benzene rings is 3. The maximum atomic E-state index is 14.7. The van der Waals surface area contributed by atoms with E-state index in [4.69, 9.17) is 11.6 Å². The van der Waals surface area contributed by atoms with Gasteiger partial charge in [0.15, 0.2) is 17.7 Å². The monoisotopic (exact) mass is 591 g/mol. The average molecular weight is 592 g/mol. The second-order valence-corrected chi connectivity index (χ2v) is 10.7. The molecule has 2 atom stereocenters. The van der Waals surface area contributed by atoms with Gasteiger partial charge in [-0.15, -0.1) is 0 Å². The van der Waals surface area contributed by atoms with Crippen LogP contribution in [0.4, 0.5) is 25.0 Å². The average Bonchev–Trinajstić information content (AvgIpc) is 2.97. The van der Waals surface area contributed by atoms with Crippen LogP contribution in [0.1, 0.15) is 43.4 Å². The van der Waals surface area contributed by atoms with E-state index in [2.05, 4.69) is 15.4 Å². The van der Waals surface area contributed by atoms with E-state index in [1.807, 2.05) is 31.2 Å². The van der Waals surface area contributed by atoms with Gasteiger partial charge in [0.25, 0.3) is 0 Å². The van der Waals surface area contributed by atoms with E-state index >= 15 is 0 Å². The highest BCUT2D eigenvalue weighted by molar-refractivity contribution is 6.31. The fraction of sp³-hybridized carbons (Fsp3) is 0.219. The van der Waals surface area contributed by atoms with Crippen molar-refractivity contribution in [3.8, 4) is 22.3 Å². The Labute approximate surface area is 246 Å². The molecule has 0 saturated heterocycles. The summed E-state index contributed by atoms with van der Waals surface area (Å²) in [6.07, 6.45) is 2.30. The predicted molar refractivity (Wildman–Crippen MR) is 157 cm³/mol. The summed E-state index contributed by atoms with van der Waals surface area (Å²) < 4.78 is 34.5. The molecule has 2 amide bonds. The Hall–Kier alpha value is -4.50. The van der Waals surface area contributed by atoms with E-state index < -0.39 is 17.7 Å². The number of nitrogens with zero attached hydrogens (tertiary/aromatic N) is 1. The minimum absolute atomic E-state index is 0.0729. The number of hydrogen-bond donors (Lipinski definition) is 2. The third-order valence-electron chi connectivity index (χ3n) is 7.52. The van der Waals surface area contributed by atoms with Crippen LogP contribution in [0.15, 0.2) is 72.9 Å². The molecule has 1 aromatic heterocycles. The number of amides is 2. The SMILES string of the molecule is COC(=O)Nc1ccc2c(c1)NC(=O)[C@@H](C)CCC[C@H](c1ccc(-c3c(F)ccc(Cl)c3F)c[n+]1[O-])c1cccc-2c1. The molecule has 7 nitrogen and oxygen atoms in total. The molecule has 1 aliphatic rings. The number of anilines is 2. The second-order valence-electron chi connectivity index (χ2n) is 10.3. The highest BCUT2D eigenvalue weighted by atomic mass is 35.5. The molecule has 2 heterocycles.